The first-order valence-corrected chi connectivity index (χ1v) is 8.37. The highest BCUT2D eigenvalue weighted by atomic mass is 16.1. The summed E-state index contributed by atoms with van der Waals surface area (Å²) in [5.74, 6) is 0.999. The average Bonchev–Trinajstić information content (AvgIpc) is 3.29. The molecular weight excluding hydrogens is 328 g/mol. The van der Waals surface area contributed by atoms with Crippen molar-refractivity contribution < 1.29 is 4.79 Å². The molecule has 3 heterocycles. The molecule has 26 heavy (non-hydrogen) atoms. The summed E-state index contributed by atoms with van der Waals surface area (Å²) in [5.41, 5.74) is 2.35. The van der Waals surface area contributed by atoms with Gasteiger partial charge in [-0.3, -0.25) is 4.79 Å². The van der Waals surface area contributed by atoms with E-state index in [1.807, 2.05) is 34.9 Å². The van der Waals surface area contributed by atoms with Gasteiger partial charge >= 0.3 is 0 Å². The monoisotopic (exact) mass is 346 g/mol. The van der Waals surface area contributed by atoms with Gasteiger partial charge in [0, 0.05) is 34.9 Å². The second-order valence-corrected chi connectivity index (χ2v) is 6.29. The zero-order chi connectivity index (χ0) is 18.1. The molecule has 1 amide bonds. The number of amides is 1. The number of hydrogen-bond acceptors (Lipinski definition) is 4. The van der Waals surface area contributed by atoms with Crippen molar-refractivity contribution in [3.8, 4) is 11.4 Å². The van der Waals surface area contributed by atoms with Gasteiger partial charge in [0.05, 0.1) is 5.56 Å². The Morgan fingerprint density at radius 3 is 2.92 bits per heavy atom. The van der Waals surface area contributed by atoms with E-state index in [0.29, 0.717) is 11.4 Å². The Morgan fingerprint density at radius 1 is 1.23 bits per heavy atom. The van der Waals surface area contributed by atoms with E-state index in [4.69, 9.17) is 0 Å². The number of pyridine rings is 1. The van der Waals surface area contributed by atoms with E-state index in [9.17, 15) is 4.79 Å². The van der Waals surface area contributed by atoms with E-state index in [1.54, 1.807) is 24.8 Å². The highest BCUT2D eigenvalue weighted by Crippen LogP contribution is 2.23. The molecule has 7 nitrogen and oxygen atoms in total. The Balaban J connectivity index is 1.63. The first-order valence-electron chi connectivity index (χ1n) is 8.37. The van der Waals surface area contributed by atoms with Gasteiger partial charge in [0.2, 0.25) is 0 Å². The van der Waals surface area contributed by atoms with Crippen LogP contribution in [-0.2, 0) is 0 Å². The fourth-order valence-corrected chi connectivity index (χ4v) is 2.91. The zero-order valence-corrected chi connectivity index (χ0v) is 14.5. The predicted molar refractivity (Wildman–Crippen MR) is 99.9 cm³/mol. The van der Waals surface area contributed by atoms with Crippen LogP contribution in [0.15, 0.2) is 55.1 Å². The minimum Gasteiger partial charge on any atom is -0.360 e. The fourth-order valence-electron chi connectivity index (χ4n) is 2.91. The third-order valence-electron chi connectivity index (χ3n) is 4.22. The Hall–Kier alpha value is -3.48. The van der Waals surface area contributed by atoms with Crippen LogP contribution in [0.2, 0.25) is 0 Å². The maximum absolute atomic E-state index is 12.7. The van der Waals surface area contributed by atoms with Gasteiger partial charge in [-0.1, -0.05) is 18.2 Å². The van der Waals surface area contributed by atoms with Crippen molar-refractivity contribution in [1.29, 1.82) is 0 Å². The Kier molecular flexibility index (Phi) is 3.96. The Bertz CT molecular complexity index is 1080. The number of para-hydroxylation sites is 1. The summed E-state index contributed by atoms with van der Waals surface area (Å²) in [6.07, 6.45) is 5.06. The number of hydrogen-bond donors (Lipinski definition) is 2. The van der Waals surface area contributed by atoms with Gasteiger partial charge in [-0.25, -0.2) is 4.98 Å². The molecule has 0 aliphatic heterocycles. The summed E-state index contributed by atoms with van der Waals surface area (Å²) in [7, 11) is 0. The van der Waals surface area contributed by atoms with E-state index < -0.39 is 0 Å². The lowest BCUT2D eigenvalue weighted by Gasteiger charge is -2.11. The number of nitrogens with one attached hydrogen (secondary N) is 2. The Labute approximate surface area is 150 Å². The van der Waals surface area contributed by atoms with Crippen LogP contribution in [0.3, 0.4) is 0 Å². The molecule has 3 aromatic heterocycles. The minimum atomic E-state index is -0.211. The van der Waals surface area contributed by atoms with Gasteiger partial charge in [-0.2, -0.15) is 0 Å². The molecule has 1 aromatic carbocycles. The highest BCUT2D eigenvalue weighted by molar-refractivity contribution is 6.12. The third kappa shape index (κ3) is 2.83. The molecule has 0 atom stereocenters. The summed E-state index contributed by atoms with van der Waals surface area (Å²) in [6, 6.07) is 11.6. The van der Waals surface area contributed by atoms with Crippen LogP contribution in [0.4, 0.5) is 5.82 Å². The first kappa shape index (κ1) is 16.0. The standard InChI is InChI=1S/C19H18N6O/c1-12(2)25-11-22-24-18(25)13-7-8-20-17(9-13)23-19(26)15-10-21-16-6-4-3-5-14(15)16/h3-12,21H,1-2H3,(H,20,23,26). The van der Waals surface area contributed by atoms with E-state index in [2.05, 4.69) is 39.3 Å². The van der Waals surface area contributed by atoms with E-state index >= 15 is 0 Å². The van der Waals surface area contributed by atoms with Gasteiger partial charge in [0.1, 0.15) is 12.1 Å². The molecule has 0 fully saturated rings. The van der Waals surface area contributed by atoms with Gasteiger partial charge in [-0.15, -0.1) is 10.2 Å². The molecular formula is C19H18N6O. The van der Waals surface area contributed by atoms with Crippen molar-refractivity contribution in [2.45, 2.75) is 19.9 Å². The number of aromatic amines is 1. The van der Waals surface area contributed by atoms with Crippen LogP contribution in [-0.4, -0.2) is 30.6 Å². The SMILES string of the molecule is CC(C)n1cnnc1-c1ccnc(NC(=O)c2c[nH]c3ccccc23)c1. The van der Waals surface area contributed by atoms with Crippen LogP contribution < -0.4 is 5.32 Å². The highest BCUT2D eigenvalue weighted by Gasteiger charge is 2.14. The molecule has 130 valence electrons. The number of anilines is 1. The number of nitrogens with zero attached hydrogens (tertiary/aromatic N) is 4. The Morgan fingerprint density at radius 2 is 2.08 bits per heavy atom. The molecule has 4 aromatic rings. The molecule has 0 bridgehead atoms. The van der Waals surface area contributed by atoms with Crippen molar-refractivity contribution in [3.63, 3.8) is 0 Å². The molecule has 4 rings (SSSR count). The van der Waals surface area contributed by atoms with E-state index in [0.717, 1.165) is 22.3 Å². The van der Waals surface area contributed by atoms with Crippen molar-refractivity contribution >= 4 is 22.6 Å². The second kappa shape index (κ2) is 6.44. The molecule has 0 aliphatic carbocycles. The van der Waals surface area contributed by atoms with Gasteiger partial charge in [-0.05, 0) is 32.0 Å². The van der Waals surface area contributed by atoms with Crippen LogP contribution >= 0.6 is 0 Å². The zero-order valence-electron chi connectivity index (χ0n) is 14.5. The molecule has 0 saturated carbocycles. The smallest absolute Gasteiger partial charge is 0.258 e. The van der Waals surface area contributed by atoms with Crippen LogP contribution in [0.25, 0.3) is 22.3 Å². The lowest BCUT2D eigenvalue weighted by molar-refractivity contribution is 0.102. The van der Waals surface area contributed by atoms with Gasteiger partial charge < -0.3 is 14.9 Å². The predicted octanol–water partition coefficient (Wildman–Crippen LogP) is 3.65. The molecule has 0 unspecified atom stereocenters. The summed E-state index contributed by atoms with van der Waals surface area (Å²) in [6.45, 7) is 4.13. The number of benzene rings is 1. The molecule has 2 N–H and O–H groups in total. The van der Waals surface area contributed by atoms with Gasteiger partial charge in [0.15, 0.2) is 5.82 Å². The minimum absolute atomic E-state index is 0.211. The largest absolute Gasteiger partial charge is 0.360 e. The second-order valence-electron chi connectivity index (χ2n) is 6.29. The van der Waals surface area contributed by atoms with Crippen molar-refractivity contribution in [2.75, 3.05) is 5.32 Å². The fraction of sp³-hybridized carbons (Fsp3) is 0.158. The average molecular weight is 346 g/mol. The molecule has 0 spiro atoms. The first-order chi connectivity index (χ1) is 12.6. The topological polar surface area (TPSA) is 88.5 Å². The number of aromatic nitrogens is 5. The number of fused-ring (bicyclic) bond motifs is 1. The number of carbonyl (C=O) groups excluding carboxylic acids is 1. The van der Waals surface area contributed by atoms with Crippen LogP contribution in [0.5, 0.6) is 0 Å². The maximum atomic E-state index is 12.7. The third-order valence-corrected chi connectivity index (χ3v) is 4.22. The lowest BCUT2D eigenvalue weighted by atomic mass is 10.1. The van der Waals surface area contributed by atoms with E-state index in [-0.39, 0.29) is 11.9 Å². The summed E-state index contributed by atoms with van der Waals surface area (Å²) >= 11 is 0. The van der Waals surface area contributed by atoms with Crippen LogP contribution in [0.1, 0.15) is 30.2 Å². The number of H-pyrrole nitrogens is 1. The quantitative estimate of drug-likeness (QED) is 0.590. The number of carbonyl (C=O) groups is 1. The van der Waals surface area contributed by atoms with Crippen LogP contribution in [0, 0.1) is 0 Å². The van der Waals surface area contributed by atoms with Crippen molar-refractivity contribution in [2.24, 2.45) is 0 Å². The molecule has 0 radical (unpaired) electrons. The molecule has 0 aliphatic rings. The lowest BCUT2D eigenvalue weighted by Crippen LogP contribution is -2.12. The molecule has 7 heteroatoms. The summed E-state index contributed by atoms with van der Waals surface area (Å²) in [4.78, 5) is 20.0. The van der Waals surface area contributed by atoms with Crippen molar-refractivity contribution in [1.82, 2.24) is 24.7 Å². The summed E-state index contributed by atoms with van der Waals surface area (Å²) < 4.78 is 1.97. The van der Waals surface area contributed by atoms with Gasteiger partial charge in [0.25, 0.3) is 5.91 Å². The summed E-state index contributed by atoms with van der Waals surface area (Å²) in [5, 5.41) is 11.9. The number of rotatable bonds is 4. The maximum Gasteiger partial charge on any atom is 0.258 e. The normalized spacial score (nSPS) is 11.2. The molecule has 0 saturated heterocycles. The van der Waals surface area contributed by atoms with E-state index in [1.165, 1.54) is 0 Å². The van der Waals surface area contributed by atoms with Crippen molar-refractivity contribution in [3.05, 3.63) is 60.7 Å².